The molecule has 0 radical (unpaired) electrons. The molecular formula is C16H12F3NO2. The monoisotopic (exact) mass is 307 g/mol. The number of hydrogen-bond donors (Lipinski definition) is 1. The maximum Gasteiger partial charge on any atom is 0.453 e. The SMILES string of the molecule is Cc1ccc([C@]2(C(F)(F)F)Nc3ccccc3C(=O)O2)cc1. The van der Waals surface area contributed by atoms with Gasteiger partial charge in [-0.25, -0.2) is 4.79 Å². The van der Waals surface area contributed by atoms with Gasteiger partial charge in [-0.15, -0.1) is 0 Å². The first-order chi connectivity index (χ1) is 10.3. The third-order valence-electron chi connectivity index (χ3n) is 3.56. The normalized spacial score (nSPS) is 20.8. The molecule has 1 aliphatic rings. The maximum absolute atomic E-state index is 13.7. The smallest absolute Gasteiger partial charge is 0.421 e. The molecule has 0 amide bonds. The second kappa shape index (κ2) is 4.76. The van der Waals surface area contributed by atoms with E-state index in [2.05, 4.69) is 5.32 Å². The summed E-state index contributed by atoms with van der Waals surface area (Å²) in [6.07, 6.45) is -4.81. The van der Waals surface area contributed by atoms with Gasteiger partial charge in [0.05, 0.1) is 11.3 Å². The van der Waals surface area contributed by atoms with Crippen molar-refractivity contribution in [1.82, 2.24) is 0 Å². The van der Waals surface area contributed by atoms with Crippen molar-refractivity contribution < 1.29 is 22.7 Å². The molecule has 1 atom stereocenters. The predicted octanol–water partition coefficient (Wildman–Crippen LogP) is 3.99. The molecule has 3 rings (SSSR count). The average molecular weight is 307 g/mol. The zero-order valence-electron chi connectivity index (χ0n) is 11.6. The summed E-state index contributed by atoms with van der Waals surface area (Å²) in [5, 5.41) is 2.35. The Kier molecular flexibility index (Phi) is 3.12. The number of fused-ring (bicyclic) bond motifs is 1. The molecule has 0 saturated heterocycles. The Morgan fingerprint density at radius 3 is 2.32 bits per heavy atom. The summed E-state index contributed by atoms with van der Waals surface area (Å²) < 4.78 is 45.9. The number of carbonyl (C=O) groups excluding carboxylic acids is 1. The molecule has 6 heteroatoms. The number of anilines is 1. The Hall–Kier alpha value is -2.50. The highest BCUT2D eigenvalue weighted by Crippen LogP contribution is 2.46. The van der Waals surface area contributed by atoms with Gasteiger partial charge in [0, 0.05) is 5.56 Å². The number of benzene rings is 2. The Bertz CT molecular complexity index is 725. The molecule has 1 aliphatic heterocycles. The van der Waals surface area contributed by atoms with Crippen LogP contribution in [-0.2, 0) is 10.5 Å². The Morgan fingerprint density at radius 2 is 1.68 bits per heavy atom. The van der Waals surface area contributed by atoms with Crippen LogP contribution in [-0.4, -0.2) is 12.1 Å². The van der Waals surface area contributed by atoms with Crippen LogP contribution in [0.4, 0.5) is 18.9 Å². The summed E-state index contributed by atoms with van der Waals surface area (Å²) in [7, 11) is 0. The van der Waals surface area contributed by atoms with Gasteiger partial charge in [-0.1, -0.05) is 42.0 Å². The minimum absolute atomic E-state index is 0.0782. The van der Waals surface area contributed by atoms with Gasteiger partial charge in [0.25, 0.3) is 0 Å². The molecule has 0 aliphatic carbocycles. The van der Waals surface area contributed by atoms with E-state index in [-0.39, 0.29) is 16.8 Å². The second-order valence-corrected chi connectivity index (χ2v) is 5.11. The van der Waals surface area contributed by atoms with Crippen LogP contribution in [0.2, 0.25) is 0 Å². The zero-order chi connectivity index (χ0) is 16.0. The largest absolute Gasteiger partial charge is 0.453 e. The van der Waals surface area contributed by atoms with E-state index in [0.717, 1.165) is 5.56 Å². The molecule has 0 saturated carbocycles. The van der Waals surface area contributed by atoms with Crippen LogP contribution in [0.3, 0.4) is 0 Å². The van der Waals surface area contributed by atoms with Gasteiger partial charge in [-0.2, -0.15) is 13.2 Å². The predicted molar refractivity (Wildman–Crippen MR) is 74.4 cm³/mol. The Balaban J connectivity index is 2.18. The standard InChI is InChI=1S/C16H12F3NO2/c1-10-6-8-11(9-7-10)15(16(17,18)19)20-13-5-3-2-4-12(13)14(21)22-15/h2-9,20H,1H3/t15-/m0/s1. The molecule has 0 bridgehead atoms. The molecule has 1 heterocycles. The van der Waals surface area contributed by atoms with Crippen molar-refractivity contribution in [2.24, 2.45) is 0 Å². The number of ether oxygens (including phenoxy) is 1. The minimum Gasteiger partial charge on any atom is -0.421 e. The van der Waals surface area contributed by atoms with Gasteiger partial charge >= 0.3 is 17.9 Å². The fourth-order valence-electron chi connectivity index (χ4n) is 2.39. The third kappa shape index (κ3) is 2.11. The molecule has 0 fully saturated rings. The lowest BCUT2D eigenvalue weighted by molar-refractivity contribution is -0.254. The molecule has 0 unspecified atom stereocenters. The average Bonchev–Trinajstić information content (AvgIpc) is 2.46. The van der Waals surface area contributed by atoms with Crippen LogP contribution in [0.25, 0.3) is 0 Å². The molecule has 2 aromatic rings. The summed E-state index contributed by atoms with van der Waals surface area (Å²) in [6.45, 7) is 1.76. The van der Waals surface area contributed by atoms with E-state index in [1.54, 1.807) is 31.2 Å². The number of esters is 1. The first kappa shape index (κ1) is 14.4. The van der Waals surface area contributed by atoms with Crippen LogP contribution >= 0.6 is 0 Å². The summed E-state index contributed by atoms with van der Waals surface area (Å²) >= 11 is 0. The Morgan fingerprint density at radius 1 is 1.05 bits per heavy atom. The summed E-state index contributed by atoms with van der Waals surface area (Å²) in [5.74, 6) is -1.01. The van der Waals surface area contributed by atoms with Gasteiger partial charge in [0.1, 0.15) is 0 Å². The maximum atomic E-state index is 13.7. The molecular weight excluding hydrogens is 295 g/mol. The molecule has 0 spiro atoms. The fourth-order valence-corrected chi connectivity index (χ4v) is 2.39. The van der Waals surface area contributed by atoms with E-state index in [1.165, 1.54) is 24.3 Å². The van der Waals surface area contributed by atoms with Gasteiger partial charge in [-0.05, 0) is 19.1 Å². The first-order valence-corrected chi connectivity index (χ1v) is 6.58. The van der Waals surface area contributed by atoms with Crippen molar-refractivity contribution in [2.75, 3.05) is 5.32 Å². The first-order valence-electron chi connectivity index (χ1n) is 6.58. The van der Waals surface area contributed by atoms with Crippen LogP contribution in [0, 0.1) is 6.92 Å². The highest BCUT2D eigenvalue weighted by Gasteiger charge is 2.62. The van der Waals surface area contributed by atoms with Crippen molar-refractivity contribution in [1.29, 1.82) is 0 Å². The fraction of sp³-hybridized carbons (Fsp3) is 0.188. The lowest BCUT2D eigenvalue weighted by Gasteiger charge is -2.40. The van der Waals surface area contributed by atoms with Crippen molar-refractivity contribution in [2.45, 2.75) is 18.8 Å². The summed E-state index contributed by atoms with van der Waals surface area (Å²) in [6, 6.07) is 11.6. The molecule has 0 aromatic heterocycles. The summed E-state index contributed by atoms with van der Waals surface area (Å²) in [5.41, 5.74) is -2.07. The zero-order valence-corrected chi connectivity index (χ0v) is 11.6. The molecule has 114 valence electrons. The molecule has 1 N–H and O–H groups in total. The number of alkyl halides is 3. The van der Waals surface area contributed by atoms with E-state index >= 15 is 0 Å². The van der Waals surface area contributed by atoms with Crippen molar-refractivity contribution in [3.63, 3.8) is 0 Å². The number of rotatable bonds is 1. The topological polar surface area (TPSA) is 38.3 Å². The van der Waals surface area contributed by atoms with Crippen LogP contribution < -0.4 is 5.32 Å². The molecule has 22 heavy (non-hydrogen) atoms. The highest BCUT2D eigenvalue weighted by molar-refractivity contribution is 5.97. The minimum atomic E-state index is -4.81. The van der Waals surface area contributed by atoms with Gasteiger partial charge in [-0.3, -0.25) is 0 Å². The number of para-hydroxylation sites is 1. The number of carbonyl (C=O) groups is 1. The Labute approximate surface area is 124 Å². The highest BCUT2D eigenvalue weighted by atomic mass is 19.4. The molecule has 3 nitrogen and oxygen atoms in total. The van der Waals surface area contributed by atoms with E-state index in [1.807, 2.05) is 0 Å². The number of hydrogen-bond acceptors (Lipinski definition) is 3. The van der Waals surface area contributed by atoms with E-state index in [9.17, 15) is 18.0 Å². The van der Waals surface area contributed by atoms with Crippen molar-refractivity contribution in [3.8, 4) is 0 Å². The van der Waals surface area contributed by atoms with Gasteiger partial charge < -0.3 is 10.1 Å². The van der Waals surface area contributed by atoms with Crippen LogP contribution in [0.5, 0.6) is 0 Å². The number of aryl methyl sites for hydroxylation is 1. The van der Waals surface area contributed by atoms with Crippen LogP contribution in [0.15, 0.2) is 48.5 Å². The molecule has 2 aromatic carbocycles. The lowest BCUT2D eigenvalue weighted by Crippen LogP contribution is -2.54. The van der Waals surface area contributed by atoms with Crippen molar-refractivity contribution in [3.05, 3.63) is 65.2 Å². The van der Waals surface area contributed by atoms with E-state index < -0.39 is 17.9 Å². The number of nitrogens with one attached hydrogen (secondary N) is 1. The summed E-state index contributed by atoms with van der Waals surface area (Å²) in [4.78, 5) is 12.0. The van der Waals surface area contributed by atoms with Crippen molar-refractivity contribution >= 4 is 11.7 Å². The number of cyclic esters (lactones) is 1. The number of halogens is 3. The second-order valence-electron chi connectivity index (χ2n) is 5.11. The quantitative estimate of drug-likeness (QED) is 0.810. The lowest BCUT2D eigenvalue weighted by atomic mass is 9.97. The van der Waals surface area contributed by atoms with E-state index in [4.69, 9.17) is 4.74 Å². The van der Waals surface area contributed by atoms with Crippen LogP contribution in [0.1, 0.15) is 21.5 Å². The van der Waals surface area contributed by atoms with Gasteiger partial charge in [0.2, 0.25) is 0 Å². The third-order valence-corrected chi connectivity index (χ3v) is 3.56. The van der Waals surface area contributed by atoms with E-state index in [0.29, 0.717) is 0 Å². The van der Waals surface area contributed by atoms with Gasteiger partial charge in [0.15, 0.2) is 0 Å².